The van der Waals surface area contributed by atoms with Gasteiger partial charge in [-0.3, -0.25) is 14.5 Å². The number of benzene rings is 3. The number of aromatic nitrogens is 1. The molecule has 2 heterocycles. The number of fused-ring (bicyclic) bond motifs is 1. The molecule has 4 aromatic rings. The number of hydrogen-bond donors (Lipinski definition) is 2. The first kappa shape index (κ1) is 26.2. The average molecular weight is 549 g/mol. The van der Waals surface area contributed by atoms with Gasteiger partial charge in [-0.2, -0.15) is 0 Å². The lowest BCUT2D eigenvalue weighted by atomic mass is 9.95. The van der Waals surface area contributed by atoms with Gasteiger partial charge in [-0.1, -0.05) is 36.5 Å². The molecule has 1 amide bonds. The molecule has 1 aromatic heterocycles. The second-order valence-corrected chi connectivity index (χ2v) is 9.82. The van der Waals surface area contributed by atoms with Crippen LogP contribution in [0.25, 0.3) is 16.0 Å². The molecule has 1 aliphatic rings. The maximum Gasteiger partial charge on any atom is 0.301 e. The molecule has 1 fully saturated rings. The number of carbonyl (C=O) groups excluding carboxylic acids is 2. The van der Waals surface area contributed by atoms with Crippen LogP contribution in [0.3, 0.4) is 0 Å². The summed E-state index contributed by atoms with van der Waals surface area (Å²) in [6, 6.07) is 14.0. The average Bonchev–Trinajstić information content (AvgIpc) is 3.46. The fraction of sp³-hybridized carbons (Fsp3) is 0.207. The Kier molecular flexibility index (Phi) is 7.21. The lowest BCUT2D eigenvalue weighted by molar-refractivity contribution is -0.132. The normalized spacial score (nSPS) is 16.7. The number of anilines is 1. The van der Waals surface area contributed by atoms with Crippen molar-refractivity contribution in [1.29, 1.82) is 0 Å². The Balaban J connectivity index is 1.70. The lowest BCUT2D eigenvalue weighted by Crippen LogP contribution is -2.29. The van der Waals surface area contributed by atoms with Crippen LogP contribution in [0.2, 0.25) is 0 Å². The van der Waals surface area contributed by atoms with Gasteiger partial charge < -0.3 is 19.7 Å². The van der Waals surface area contributed by atoms with Crippen molar-refractivity contribution in [3.8, 4) is 17.2 Å². The number of ketones is 1. The Morgan fingerprint density at radius 1 is 1.08 bits per heavy atom. The maximum absolute atomic E-state index is 13.9. The molecule has 0 bridgehead atoms. The van der Waals surface area contributed by atoms with E-state index in [1.807, 2.05) is 6.92 Å². The molecule has 0 radical (unpaired) electrons. The number of Topliss-reactive ketones (excluding diaryl/α,β-unsaturated/α-hetero) is 1. The van der Waals surface area contributed by atoms with Crippen molar-refractivity contribution in [1.82, 2.24) is 4.98 Å². The number of hydrogen-bond acceptors (Lipinski definition) is 8. The fourth-order valence-electron chi connectivity index (χ4n) is 4.42. The van der Waals surface area contributed by atoms with Crippen LogP contribution in [0.5, 0.6) is 17.2 Å². The summed E-state index contributed by atoms with van der Waals surface area (Å²) in [5.41, 5.74) is 0.993. The van der Waals surface area contributed by atoms with Crippen LogP contribution in [-0.4, -0.2) is 40.1 Å². The van der Waals surface area contributed by atoms with E-state index in [0.717, 1.165) is 17.8 Å². The topological polar surface area (TPSA) is 109 Å². The largest absolute Gasteiger partial charge is 0.507 e. The highest BCUT2D eigenvalue weighted by atomic mass is 32.1. The number of aliphatic hydroxyl groups excluding tert-OH is 1. The number of ether oxygens (including phenoxy) is 2. The molecule has 0 aliphatic carbocycles. The van der Waals surface area contributed by atoms with Crippen LogP contribution in [0.1, 0.15) is 37.4 Å². The van der Waals surface area contributed by atoms with Crippen molar-refractivity contribution in [2.75, 3.05) is 18.1 Å². The van der Waals surface area contributed by atoms with Crippen molar-refractivity contribution in [3.63, 3.8) is 0 Å². The second-order valence-electron chi connectivity index (χ2n) is 8.81. The monoisotopic (exact) mass is 548 g/mol. The van der Waals surface area contributed by atoms with Gasteiger partial charge in [-0.05, 0) is 61.4 Å². The number of halogens is 1. The molecule has 39 heavy (non-hydrogen) atoms. The van der Waals surface area contributed by atoms with Gasteiger partial charge in [0.05, 0.1) is 35.0 Å². The van der Waals surface area contributed by atoms with Gasteiger partial charge in [0.25, 0.3) is 5.78 Å². The molecule has 10 heteroatoms. The highest BCUT2D eigenvalue weighted by molar-refractivity contribution is 7.22. The number of phenolic OH excluding ortho intramolecular Hbond substituents is 1. The second kappa shape index (κ2) is 10.7. The van der Waals surface area contributed by atoms with Crippen LogP contribution in [0.4, 0.5) is 9.52 Å². The van der Waals surface area contributed by atoms with E-state index in [2.05, 4.69) is 4.98 Å². The first-order valence-electron chi connectivity index (χ1n) is 12.4. The van der Waals surface area contributed by atoms with E-state index in [1.54, 1.807) is 37.3 Å². The standard InChI is InChI=1S/C29H25FN2O6S/c1-3-12-38-19-7-5-6-17(13-19)26(34)24-25(16-8-11-21(33)22(14-16)37-4-2)32(28(36)27(24)35)29-31-20-10-9-18(30)15-23(20)39-29/h5-11,13-15,25,33-34H,3-4,12H2,1-2H3/b26-24+. The third-order valence-electron chi connectivity index (χ3n) is 6.17. The molecule has 2 N–H and O–H groups in total. The molecular formula is C29H25FN2O6S. The van der Waals surface area contributed by atoms with Crippen LogP contribution in [0.15, 0.2) is 66.2 Å². The summed E-state index contributed by atoms with van der Waals surface area (Å²) in [5.74, 6) is -2.11. The van der Waals surface area contributed by atoms with Crippen LogP contribution >= 0.6 is 11.3 Å². The zero-order chi connectivity index (χ0) is 27.7. The molecule has 3 aromatic carbocycles. The van der Waals surface area contributed by atoms with Gasteiger partial charge in [0.15, 0.2) is 16.6 Å². The number of aliphatic hydroxyl groups is 1. The van der Waals surface area contributed by atoms with Crippen molar-refractivity contribution in [2.45, 2.75) is 26.3 Å². The zero-order valence-corrected chi connectivity index (χ0v) is 22.0. The van der Waals surface area contributed by atoms with Crippen molar-refractivity contribution >= 4 is 44.1 Å². The Labute approximate surface area is 227 Å². The maximum atomic E-state index is 13.9. The third kappa shape index (κ3) is 4.90. The Morgan fingerprint density at radius 2 is 1.90 bits per heavy atom. The highest BCUT2D eigenvalue weighted by Crippen LogP contribution is 2.46. The minimum atomic E-state index is -1.10. The zero-order valence-electron chi connectivity index (χ0n) is 21.2. The van der Waals surface area contributed by atoms with Crippen molar-refractivity contribution in [3.05, 3.63) is 83.2 Å². The predicted molar refractivity (Wildman–Crippen MR) is 146 cm³/mol. The van der Waals surface area contributed by atoms with Crippen molar-refractivity contribution < 1.29 is 33.7 Å². The summed E-state index contributed by atoms with van der Waals surface area (Å²) < 4.78 is 25.6. The van der Waals surface area contributed by atoms with Gasteiger partial charge >= 0.3 is 5.91 Å². The smallest absolute Gasteiger partial charge is 0.301 e. The molecule has 1 unspecified atom stereocenters. The van der Waals surface area contributed by atoms with Gasteiger partial charge in [0.1, 0.15) is 17.3 Å². The number of nitrogens with zero attached hydrogens (tertiary/aromatic N) is 2. The number of amides is 1. The summed E-state index contributed by atoms with van der Waals surface area (Å²) in [5, 5.41) is 21.9. The van der Waals surface area contributed by atoms with Gasteiger partial charge in [0.2, 0.25) is 0 Å². The predicted octanol–water partition coefficient (Wildman–Crippen LogP) is 5.95. The first-order valence-corrected chi connectivity index (χ1v) is 13.2. The Bertz CT molecular complexity index is 1610. The molecule has 5 rings (SSSR count). The summed E-state index contributed by atoms with van der Waals surface area (Å²) in [6.07, 6.45) is 0.788. The minimum absolute atomic E-state index is 0.117. The molecule has 1 atom stereocenters. The molecular weight excluding hydrogens is 523 g/mol. The van der Waals surface area contributed by atoms with Crippen molar-refractivity contribution in [2.24, 2.45) is 0 Å². The summed E-state index contributed by atoms with van der Waals surface area (Å²) in [4.78, 5) is 32.6. The molecule has 1 aliphatic heterocycles. The van der Waals surface area contributed by atoms with E-state index in [-0.39, 0.29) is 34.6 Å². The lowest BCUT2D eigenvalue weighted by Gasteiger charge is -2.23. The molecule has 200 valence electrons. The fourth-order valence-corrected chi connectivity index (χ4v) is 5.43. The summed E-state index contributed by atoms with van der Waals surface area (Å²) in [7, 11) is 0. The highest BCUT2D eigenvalue weighted by Gasteiger charge is 2.48. The molecule has 1 saturated heterocycles. The van der Waals surface area contributed by atoms with E-state index in [9.17, 15) is 24.2 Å². The van der Waals surface area contributed by atoms with Gasteiger partial charge in [-0.25, -0.2) is 9.37 Å². The third-order valence-corrected chi connectivity index (χ3v) is 7.19. The summed E-state index contributed by atoms with van der Waals surface area (Å²) in [6.45, 7) is 4.47. The Morgan fingerprint density at radius 3 is 2.67 bits per heavy atom. The molecule has 0 spiro atoms. The number of rotatable bonds is 8. The number of phenols is 1. The van der Waals surface area contributed by atoms with Gasteiger partial charge in [0, 0.05) is 5.56 Å². The number of thiazole rings is 1. The Hall–Kier alpha value is -4.44. The summed E-state index contributed by atoms with van der Waals surface area (Å²) >= 11 is 1.05. The first-order chi connectivity index (χ1) is 18.8. The van der Waals surface area contributed by atoms with E-state index in [1.165, 1.54) is 35.2 Å². The van der Waals surface area contributed by atoms with Crippen LogP contribution in [-0.2, 0) is 9.59 Å². The number of carbonyl (C=O) groups is 2. The van der Waals surface area contributed by atoms with Crippen LogP contribution < -0.4 is 14.4 Å². The van der Waals surface area contributed by atoms with E-state index < -0.39 is 23.5 Å². The van der Waals surface area contributed by atoms with Crippen LogP contribution in [0, 0.1) is 5.82 Å². The SMILES string of the molecule is CCCOc1cccc(/C(O)=C2\C(=O)C(=O)N(c3nc4ccc(F)cc4s3)C2c2ccc(O)c(OCC)c2)c1. The number of aromatic hydroxyl groups is 1. The quantitative estimate of drug-likeness (QED) is 0.159. The van der Waals surface area contributed by atoms with E-state index in [0.29, 0.717) is 33.7 Å². The van der Waals surface area contributed by atoms with E-state index >= 15 is 0 Å². The molecule has 0 saturated carbocycles. The van der Waals surface area contributed by atoms with E-state index in [4.69, 9.17) is 9.47 Å². The van der Waals surface area contributed by atoms with Gasteiger partial charge in [-0.15, -0.1) is 0 Å². The molecule has 8 nitrogen and oxygen atoms in total. The minimum Gasteiger partial charge on any atom is -0.507 e.